The summed E-state index contributed by atoms with van der Waals surface area (Å²) in [6, 6.07) is 16.7. The van der Waals surface area contributed by atoms with Gasteiger partial charge in [0, 0.05) is 24.2 Å². The van der Waals surface area contributed by atoms with Crippen LogP contribution in [0.25, 0.3) is 0 Å². The molecule has 0 atom stereocenters. The van der Waals surface area contributed by atoms with Gasteiger partial charge >= 0.3 is 0 Å². The summed E-state index contributed by atoms with van der Waals surface area (Å²) in [5.74, 6) is 0.0330. The molecule has 2 heterocycles. The minimum absolute atomic E-state index is 0.0330. The second-order valence-electron chi connectivity index (χ2n) is 3.66. The molecule has 3 nitrogen and oxygen atoms in total. The van der Waals surface area contributed by atoms with Crippen LogP contribution in [0.4, 0.5) is 0 Å². The summed E-state index contributed by atoms with van der Waals surface area (Å²) < 4.78 is 0. The van der Waals surface area contributed by atoms with Crippen LogP contribution in [0.5, 0.6) is 0 Å². The number of aromatic amines is 2. The van der Waals surface area contributed by atoms with Gasteiger partial charge in [0.2, 0.25) is 5.78 Å². The zero-order valence-corrected chi connectivity index (χ0v) is 9.84. The second-order valence-corrected chi connectivity index (χ2v) is 3.66. The monoisotopic (exact) mass is 238 g/mol. The van der Waals surface area contributed by atoms with Crippen molar-refractivity contribution in [2.24, 2.45) is 0 Å². The molecule has 0 saturated carbocycles. The molecule has 0 aliphatic carbocycles. The minimum atomic E-state index is 0.0330. The molecule has 0 radical (unpaired) electrons. The van der Waals surface area contributed by atoms with E-state index in [1.165, 1.54) is 0 Å². The van der Waals surface area contributed by atoms with Gasteiger partial charge < -0.3 is 9.97 Å². The van der Waals surface area contributed by atoms with Crippen molar-refractivity contribution in [1.82, 2.24) is 9.97 Å². The van der Waals surface area contributed by atoms with E-state index < -0.39 is 0 Å². The maximum absolute atomic E-state index is 11.7. The molecule has 0 unspecified atom stereocenters. The van der Waals surface area contributed by atoms with Gasteiger partial charge in [-0.3, -0.25) is 4.79 Å². The van der Waals surface area contributed by atoms with Gasteiger partial charge in [-0.25, -0.2) is 0 Å². The van der Waals surface area contributed by atoms with E-state index in [2.05, 4.69) is 9.97 Å². The molecule has 0 saturated heterocycles. The van der Waals surface area contributed by atoms with E-state index >= 15 is 0 Å². The van der Waals surface area contributed by atoms with E-state index in [-0.39, 0.29) is 5.78 Å². The lowest BCUT2D eigenvalue weighted by molar-refractivity contribution is 0.103. The normalized spacial score (nSPS) is 9.33. The number of ketones is 1. The maximum Gasteiger partial charge on any atom is 0.209 e. The van der Waals surface area contributed by atoms with E-state index in [9.17, 15) is 4.79 Å². The van der Waals surface area contributed by atoms with Crippen LogP contribution in [0.2, 0.25) is 0 Å². The van der Waals surface area contributed by atoms with Crippen LogP contribution in [0, 0.1) is 0 Å². The van der Waals surface area contributed by atoms with Gasteiger partial charge in [0.15, 0.2) is 0 Å². The number of hydrogen-bond donors (Lipinski definition) is 2. The first-order valence-electron chi connectivity index (χ1n) is 5.69. The molecule has 3 rings (SSSR count). The Hall–Kier alpha value is -2.55. The average molecular weight is 238 g/mol. The Morgan fingerprint density at radius 3 is 2.00 bits per heavy atom. The molecule has 1 aromatic carbocycles. The zero-order valence-electron chi connectivity index (χ0n) is 9.84. The third-order valence-corrected chi connectivity index (χ3v) is 2.37. The molecule has 90 valence electrons. The van der Waals surface area contributed by atoms with Crippen molar-refractivity contribution in [2.45, 2.75) is 0 Å². The molecule has 0 bridgehead atoms. The fourth-order valence-electron chi connectivity index (χ4n) is 1.49. The number of carbonyl (C=O) groups is 1. The van der Waals surface area contributed by atoms with Gasteiger partial charge in [0.25, 0.3) is 0 Å². The molecular weight excluding hydrogens is 224 g/mol. The Morgan fingerprint density at radius 1 is 0.778 bits per heavy atom. The van der Waals surface area contributed by atoms with E-state index in [1.54, 1.807) is 12.3 Å². The topological polar surface area (TPSA) is 48.6 Å². The van der Waals surface area contributed by atoms with Gasteiger partial charge in [0.1, 0.15) is 0 Å². The molecule has 2 aromatic heterocycles. The third kappa shape index (κ3) is 3.22. The fraction of sp³-hybridized carbons (Fsp3) is 0. The van der Waals surface area contributed by atoms with Gasteiger partial charge in [-0.05, 0) is 24.3 Å². The summed E-state index contributed by atoms with van der Waals surface area (Å²) in [5, 5.41) is 0. The van der Waals surface area contributed by atoms with Crippen LogP contribution in [0.1, 0.15) is 16.1 Å². The summed E-state index contributed by atoms with van der Waals surface area (Å²) in [6.07, 6.45) is 5.50. The summed E-state index contributed by atoms with van der Waals surface area (Å²) in [6.45, 7) is 0. The van der Waals surface area contributed by atoms with Crippen LogP contribution in [0.15, 0.2) is 73.2 Å². The molecule has 2 N–H and O–H groups in total. The minimum Gasteiger partial charge on any atom is -0.368 e. The van der Waals surface area contributed by atoms with Crippen molar-refractivity contribution >= 4 is 5.78 Å². The largest absolute Gasteiger partial charge is 0.368 e. The number of carbonyl (C=O) groups excluding carboxylic acids is 1. The van der Waals surface area contributed by atoms with Crippen LogP contribution in [-0.4, -0.2) is 15.8 Å². The van der Waals surface area contributed by atoms with Gasteiger partial charge in [-0.15, -0.1) is 0 Å². The Labute approximate surface area is 105 Å². The molecule has 18 heavy (non-hydrogen) atoms. The van der Waals surface area contributed by atoms with Crippen LogP contribution >= 0.6 is 0 Å². The Kier molecular flexibility index (Phi) is 4.14. The fourth-order valence-corrected chi connectivity index (χ4v) is 1.49. The molecule has 3 heteroatoms. The summed E-state index contributed by atoms with van der Waals surface area (Å²) in [5.41, 5.74) is 1.34. The number of H-pyrrole nitrogens is 2. The van der Waals surface area contributed by atoms with Crippen molar-refractivity contribution in [3.05, 3.63) is 84.4 Å². The first-order chi connectivity index (χ1) is 8.88. The highest BCUT2D eigenvalue weighted by Gasteiger charge is 2.07. The predicted octanol–water partition coefficient (Wildman–Crippen LogP) is 3.26. The summed E-state index contributed by atoms with van der Waals surface area (Å²) in [4.78, 5) is 17.4. The number of benzene rings is 1. The van der Waals surface area contributed by atoms with E-state index in [0.29, 0.717) is 11.3 Å². The lowest BCUT2D eigenvalue weighted by Crippen LogP contribution is -2.00. The van der Waals surface area contributed by atoms with E-state index in [4.69, 9.17) is 0 Å². The lowest BCUT2D eigenvalue weighted by atomic mass is 10.1. The van der Waals surface area contributed by atoms with E-state index in [0.717, 1.165) is 0 Å². The molecular formula is C15H14N2O. The molecule has 0 aliphatic rings. The average Bonchev–Trinajstić information content (AvgIpc) is 3.14. The quantitative estimate of drug-likeness (QED) is 0.661. The third-order valence-electron chi connectivity index (χ3n) is 2.37. The standard InChI is InChI=1S/C11H9NO.C4H5N/c13-11(10-7-4-8-12-10)9-5-2-1-3-6-9;1-2-4-5-3-1/h1-8,12H;1-5H. The summed E-state index contributed by atoms with van der Waals surface area (Å²) in [7, 11) is 0. The molecule has 0 amide bonds. The Bertz CT molecular complexity index is 537. The lowest BCUT2D eigenvalue weighted by Gasteiger charge is -1.96. The molecule has 0 spiro atoms. The summed E-state index contributed by atoms with van der Waals surface area (Å²) >= 11 is 0. The highest BCUT2D eigenvalue weighted by atomic mass is 16.1. The zero-order chi connectivity index (χ0) is 12.6. The highest BCUT2D eigenvalue weighted by Crippen LogP contribution is 2.06. The first-order valence-corrected chi connectivity index (χ1v) is 5.69. The van der Waals surface area contributed by atoms with Crippen molar-refractivity contribution in [3.8, 4) is 0 Å². The van der Waals surface area contributed by atoms with Crippen LogP contribution < -0.4 is 0 Å². The molecule has 0 fully saturated rings. The molecule has 3 aromatic rings. The smallest absolute Gasteiger partial charge is 0.209 e. The van der Waals surface area contributed by atoms with E-state index in [1.807, 2.05) is 60.9 Å². The van der Waals surface area contributed by atoms with Crippen molar-refractivity contribution in [3.63, 3.8) is 0 Å². The molecule has 0 aliphatic heterocycles. The number of hydrogen-bond acceptors (Lipinski definition) is 1. The highest BCUT2D eigenvalue weighted by molar-refractivity contribution is 6.07. The van der Waals surface area contributed by atoms with Crippen molar-refractivity contribution in [1.29, 1.82) is 0 Å². The van der Waals surface area contributed by atoms with Crippen molar-refractivity contribution in [2.75, 3.05) is 0 Å². The Balaban J connectivity index is 0.000000202. The maximum atomic E-state index is 11.7. The van der Waals surface area contributed by atoms with Crippen LogP contribution in [0.3, 0.4) is 0 Å². The number of rotatable bonds is 2. The predicted molar refractivity (Wildman–Crippen MR) is 71.5 cm³/mol. The second kappa shape index (κ2) is 6.25. The van der Waals surface area contributed by atoms with Gasteiger partial charge in [0.05, 0.1) is 5.69 Å². The first kappa shape index (κ1) is 11.9. The number of nitrogens with one attached hydrogen (secondary N) is 2. The van der Waals surface area contributed by atoms with Gasteiger partial charge in [-0.2, -0.15) is 0 Å². The van der Waals surface area contributed by atoms with Crippen molar-refractivity contribution < 1.29 is 4.79 Å². The Morgan fingerprint density at radius 2 is 1.50 bits per heavy atom. The SMILES string of the molecule is O=C(c1ccccc1)c1ccc[nH]1.c1cc[nH]c1. The van der Waals surface area contributed by atoms with Crippen LogP contribution in [-0.2, 0) is 0 Å². The van der Waals surface area contributed by atoms with Gasteiger partial charge in [-0.1, -0.05) is 30.3 Å². The number of aromatic nitrogens is 2.